The average Bonchev–Trinajstić information content (AvgIpc) is 2.40. The van der Waals surface area contributed by atoms with E-state index in [0.717, 1.165) is 12.1 Å². The number of aliphatic hydroxyl groups excluding tert-OH is 1. The van der Waals surface area contributed by atoms with Gasteiger partial charge in [0.25, 0.3) is 0 Å². The Bertz CT molecular complexity index is 631. The van der Waals surface area contributed by atoms with Gasteiger partial charge in [-0.1, -0.05) is 29.3 Å². The molecule has 0 saturated carbocycles. The lowest BCUT2D eigenvalue weighted by Crippen LogP contribution is -2.21. The lowest BCUT2D eigenvalue weighted by molar-refractivity contribution is 0.145. The van der Waals surface area contributed by atoms with Crippen LogP contribution >= 0.6 is 23.2 Å². The molecule has 2 unspecified atom stereocenters. The summed E-state index contributed by atoms with van der Waals surface area (Å²) >= 11 is 11.8. The molecule has 2 rings (SSSR count). The van der Waals surface area contributed by atoms with Crippen LogP contribution in [0.2, 0.25) is 10.0 Å². The number of aliphatic hydroxyl groups is 1. The molecule has 2 atom stereocenters. The number of hydrogen-bond acceptors (Lipinski definition) is 2. The topological polar surface area (TPSA) is 46.2 Å². The molecule has 2 nitrogen and oxygen atoms in total. The molecule has 6 heteroatoms. The second-order valence-corrected chi connectivity index (χ2v) is 5.53. The van der Waals surface area contributed by atoms with Gasteiger partial charge in [0.15, 0.2) is 0 Å². The van der Waals surface area contributed by atoms with Crippen molar-refractivity contribution in [3.05, 3.63) is 69.2 Å². The van der Waals surface area contributed by atoms with Gasteiger partial charge in [0.05, 0.1) is 6.10 Å². The molecule has 0 amide bonds. The van der Waals surface area contributed by atoms with Crippen molar-refractivity contribution in [1.29, 1.82) is 0 Å². The minimum Gasteiger partial charge on any atom is -0.388 e. The molecule has 0 bridgehead atoms. The van der Waals surface area contributed by atoms with Gasteiger partial charge < -0.3 is 10.8 Å². The molecule has 21 heavy (non-hydrogen) atoms. The number of rotatable bonds is 4. The van der Waals surface area contributed by atoms with Gasteiger partial charge in [0.1, 0.15) is 11.6 Å². The van der Waals surface area contributed by atoms with Crippen molar-refractivity contribution in [3.63, 3.8) is 0 Å². The van der Waals surface area contributed by atoms with Crippen LogP contribution in [0.25, 0.3) is 0 Å². The van der Waals surface area contributed by atoms with E-state index in [1.807, 2.05) is 0 Å². The molecule has 0 aliphatic heterocycles. The predicted octanol–water partition coefficient (Wildman–Crippen LogP) is 4.05. The largest absolute Gasteiger partial charge is 0.388 e. The van der Waals surface area contributed by atoms with Crippen LogP contribution in [0, 0.1) is 11.6 Å². The normalized spacial score (nSPS) is 14.0. The van der Waals surface area contributed by atoms with Crippen LogP contribution in [0.5, 0.6) is 0 Å². The van der Waals surface area contributed by atoms with E-state index >= 15 is 0 Å². The number of benzene rings is 2. The third-order valence-electron chi connectivity index (χ3n) is 3.22. The van der Waals surface area contributed by atoms with Gasteiger partial charge in [-0.05, 0) is 35.4 Å². The van der Waals surface area contributed by atoms with Crippen molar-refractivity contribution in [1.82, 2.24) is 0 Å². The van der Waals surface area contributed by atoms with Crippen molar-refractivity contribution < 1.29 is 13.9 Å². The van der Waals surface area contributed by atoms with Crippen LogP contribution < -0.4 is 5.73 Å². The van der Waals surface area contributed by atoms with E-state index in [1.165, 1.54) is 24.3 Å². The Morgan fingerprint density at radius 2 is 1.67 bits per heavy atom. The SMILES string of the molecule is NCC(c1ccc(F)cc1F)C(O)c1cc(Cl)cc(Cl)c1. The Hall–Kier alpha value is -1.20. The summed E-state index contributed by atoms with van der Waals surface area (Å²) in [6, 6.07) is 7.74. The molecule has 3 N–H and O–H groups in total. The summed E-state index contributed by atoms with van der Waals surface area (Å²) in [5.41, 5.74) is 6.20. The van der Waals surface area contributed by atoms with Gasteiger partial charge in [-0.2, -0.15) is 0 Å². The quantitative estimate of drug-likeness (QED) is 0.887. The smallest absolute Gasteiger partial charge is 0.129 e. The highest BCUT2D eigenvalue weighted by Gasteiger charge is 2.25. The van der Waals surface area contributed by atoms with E-state index < -0.39 is 23.7 Å². The zero-order chi connectivity index (χ0) is 15.6. The molecule has 0 saturated heterocycles. The summed E-state index contributed by atoms with van der Waals surface area (Å²) < 4.78 is 26.8. The highest BCUT2D eigenvalue weighted by molar-refractivity contribution is 6.34. The van der Waals surface area contributed by atoms with E-state index in [0.29, 0.717) is 15.6 Å². The maximum Gasteiger partial charge on any atom is 0.129 e. The van der Waals surface area contributed by atoms with Crippen molar-refractivity contribution in [3.8, 4) is 0 Å². The molecule has 2 aromatic rings. The summed E-state index contributed by atoms with van der Waals surface area (Å²) in [5, 5.41) is 11.1. The summed E-state index contributed by atoms with van der Waals surface area (Å²) in [5.74, 6) is -2.18. The first-order valence-electron chi connectivity index (χ1n) is 6.21. The van der Waals surface area contributed by atoms with E-state index in [4.69, 9.17) is 28.9 Å². The average molecular weight is 332 g/mol. The van der Waals surface area contributed by atoms with Crippen LogP contribution in [0.3, 0.4) is 0 Å². The van der Waals surface area contributed by atoms with Crippen molar-refractivity contribution in [2.24, 2.45) is 5.73 Å². The molecule has 0 aromatic heterocycles. The molecule has 112 valence electrons. The fraction of sp³-hybridized carbons (Fsp3) is 0.200. The first kappa shape index (κ1) is 16.2. The van der Waals surface area contributed by atoms with Crippen molar-refractivity contribution in [2.75, 3.05) is 6.54 Å². The lowest BCUT2D eigenvalue weighted by atomic mass is 9.89. The van der Waals surface area contributed by atoms with Crippen LogP contribution in [-0.2, 0) is 0 Å². The van der Waals surface area contributed by atoms with Crippen LogP contribution in [0.15, 0.2) is 36.4 Å². The van der Waals surface area contributed by atoms with E-state index in [1.54, 1.807) is 0 Å². The van der Waals surface area contributed by atoms with Gasteiger partial charge in [0, 0.05) is 28.6 Å². The lowest BCUT2D eigenvalue weighted by Gasteiger charge is -2.23. The molecule has 0 fully saturated rings. The first-order chi connectivity index (χ1) is 9.92. The minimum absolute atomic E-state index is 0.0200. The maximum atomic E-state index is 13.9. The van der Waals surface area contributed by atoms with E-state index in [2.05, 4.69) is 0 Å². The second-order valence-electron chi connectivity index (χ2n) is 4.66. The molecular weight excluding hydrogens is 319 g/mol. The van der Waals surface area contributed by atoms with Gasteiger partial charge >= 0.3 is 0 Å². The highest BCUT2D eigenvalue weighted by atomic mass is 35.5. The Balaban J connectivity index is 2.40. The molecule has 0 heterocycles. The van der Waals surface area contributed by atoms with Gasteiger partial charge in [-0.25, -0.2) is 8.78 Å². The van der Waals surface area contributed by atoms with Crippen LogP contribution in [0.4, 0.5) is 8.78 Å². The van der Waals surface area contributed by atoms with Gasteiger partial charge in [-0.3, -0.25) is 0 Å². The molecule has 0 aliphatic carbocycles. The number of nitrogens with two attached hydrogens (primary N) is 1. The standard InChI is InChI=1S/C15H13Cl2F2NO/c16-9-3-8(4-10(17)5-9)15(21)13(7-20)12-2-1-11(18)6-14(12)19/h1-6,13,15,21H,7,20H2. The van der Waals surface area contributed by atoms with Crippen molar-refractivity contribution in [2.45, 2.75) is 12.0 Å². The summed E-state index contributed by atoms with van der Waals surface area (Å²) in [4.78, 5) is 0. The molecule has 0 spiro atoms. The summed E-state index contributed by atoms with van der Waals surface area (Å²) in [6.07, 6.45) is -1.11. The fourth-order valence-electron chi connectivity index (χ4n) is 2.21. The molecule has 2 aromatic carbocycles. The highest BCUT2D eigenvalue weighted by Crippen LogP contribution is 2.34. The number of hydrogen-bond donors (Lipinski definition) is 2. The van der Waals surface area contributed by atoms with Crippen LogP contribution in [-0.4, -0.2) is 11.7 Å². The maximum absolute atomic E-state index is 13.9. The van der Waals surface area contributed by atoms with Crippen LogP contribution in [0.1, 0.15) is 23.1 Å². The Morgan fingerprint density at radius 3 is 2.19 bits per heavy atom. The number of halogens is 4. The monoisotopic (exact) mass is 331 g/mol. The molecule has 0 radical (unpaired) electrons. The first-order valence-corrected chi connectivity index (χ1v) is 6.97. The molecular formula is C15H13Cl2F2NO. The fourth-order valence-corrected chi connectivity index (χ4v) is 2.75. The zero-order valence-electron chi connectivity index (χ0n) is 10.9. The predicted molar refractivity (Wildman–Crippen MR) is 79.6 cm³/mol. The third kappa shape index (κ3) is 3.71. The summed E-state index contributed by atoms with van der Waals surface area (Å²) in [6.45, 7) is -0.0200. The Morgan fingerprint density at radius 1 is 1.05 bits per heavy atom. The van der Waals surface area contributed by atoms with E-state index in [9.17, 15) is 13.9 Å². The van der Waals surface area contributed by atoms with Crippen molar-refractivity contribution >= 4 is 23.2 Å². The molecule has 0 aliphatic rings. The Labute approximate surface area is 131 Å². The van der Waals surface area contributed by atoms with Gasteiger partial charge in [0.2, 0.25) is 0 Å². The zero-order valence-corrected chi connectivity index (χ0v) is 12.4. The Kier molecular flexibility index (Phi) is 5.17. The summed E-state index contributed by atoms with van der Waals surface area (Å²) in [7, 11) is 0. The van der Waals surface area contributed by atoms with Gasteiger partial charge in [-0.15, -0.1) is 0 Å². The minimum atomic E-state index is -1.11. The third-order valence-corrected chi connectivity index (χ3v) is 3.66. The second kappa shape index (κ2) is 6.71. The van der Waals surface area contributed by atoms with E-state index in [-0.39, 0.29) is 12.1 Å².